The molecule has 2 amide bonds. The highest BCUT2D eigenvalue weighted by Gasteiger charge is 2.15. The maximum absolute atomic E-state index is 12.4. The molecule has 0 saturated carbocycles. The van der Waals surface area contributed by atoms with Crippen molar-refractivity contribution in [2.45, 2.75) is 46.8 Å². The molecule has 0 unspecified atom stereocenters. The molecule has 9 nitrogen and oxygen atoms in total. The van der Waals surface area contributed by atoms with Crippen molar-refractivity contribution in [2.24, 2.45) is 0 Å². The third-order valence-electron chi connectivity index (χ3n) is 4.49. The minimum absolute atomic E-state index is 0.00502. The van der Waals surface area contributed by atoms with Crippen LogP contribution in [0.3, 0.4) is 0 Å². The molecular formula is C20H28N4O5. The lowest BCUT2D eigenvalue weighted by molar-refractivity contribution is 0.0700. The van der Waals surface area contributed by atoms with E-state index in [0.717, 1.165) is 16.7 Å². The summed E-state index contributed by atoms with van der Waals surface area (Å²) in [4.78, 5) is 38.0. The maximum Gasteiger partial charge on any atom is 0.338 e. The Hall–Kier alpha value is -2.91. The van der Waals surface area contributed by atoms with Crippen LogP contribution in [-0.4, -0.2) is 33.9 Å². The number of ether oxygens (including phenoxy) is 1. The Morgan fingerprint density at radius 3 is 2.52 bits per heavy atom. The van der Waals surface area contributed by atoms with E-state index in [4.69, 9.17) is 9.94 Å². The van der Waals surface area contributed by atoms with E-state index in [0.29, 0.717) is 43.7 Å². The lowest BCUT2D eigenvalue weighted by Crippen LogP contribution is -2.36. The standard InChI is InChI=1S/C20H28N4O5/c1-4-16-17(11-15-9-13(2)8-14(3)10-15)24(20(27)22-18(16)25)12-29-7-5-6-21-19(26)23-28/h8-10,28H,4-7,11-12H2,1-3H3,(H2,21,23,26)(H,22,25,27). The molecule has 0 aliphatic carbocycles. The van der Waals surface area contributed by atoms with Crippen LogP contribution in [0, 0.1) is 13.8 Å². The van der Waals surface area contributed by atoms with Crippen LogP contribution in [0.2, 0.25) is 0 Å². The van der Waals surface area contributed by atoms with Gasteiger partial charge in [0.25, 0.3) is 5.56 Å². The van der Waals surface area contributed by atoms with E-state index in [1.54, 1.807) is 0 Å². The smallest absolute Gasteiger partial charge is 0.338 e. The summed E-state index contributed by atoms with van der Waals surface area (Å²) in [5.74, 6) is 0. The number of hydroxylamine groups is 1. The average Bonchev–Trinajstić information content (AvgIpc) is 2.65. The van der Waals surface area contributed by atoms with Gasteiger partial charge in [0.15, 0.2) is 0 Å². The lowest BCUT2D eigenvalue weighted by atomic mass is 10.0. The highest BCUT2D eigenvalue weighted by molar-refractivity contribution is 5.72. The Bertz CT molecular complexity index is 944. The molecule has 9 heteroatoms. The van der Waals surface area contributed by atoms with Gasteiger partial charge in [-0.1, -0.05) is 36.2 Å². The van der Waals surface area contributed by atoms with Gasteiger partial charge in [-0.05, 0) is 32.3 Å². The molecule has 0 saturated heterocycles. The van der Waals surface area contributed by atoms with Crippen molar-refractivity contribution in [3.05, 3.63) is 67.0 Å². The predicted octanol–water partition coefficient (Wildman–Crippen LogP) is 1.36. The number of nitrogens with one attached hydrogen (secondary N) is 3. The van der Waals surface area contributed by atoms with Crippen molar-refractivity contribution >= 4 is 6.03 Å². The van der Waals surface area contributed by atoms with E-state index in [1.807, 2.05) is 32.9 Å². The van der Waals surface area contributed by atoms with Gasteiger partial charge in [-0.15, -0.1) is 0 Å². The first-order chi connectivity index (χ1) is 13.8. The van der Waals surface area contributed by atoms with Crippen molar-refractivity contribution in [2.75, 3.05) is 13.2 Å². The van der Waals surface area contributed by atoms with Gasteiger partial charge in [-0.2, -0.15) is 0 Å². The summed E-state index contributed by atoms with van der Waals surface area (Å²) in [6, 6.07) is 5.47. The van der Waals surface area contributed by atoms with Gasteiger partial charge in [0.2, 0.25) is 0 Å². The van der Waals surface area contributed by atoms with Crippen molar-refractivity contribution in [3.63, 3.8) is 0 Å². The van der Waals surface area contributed by atoms with Gasteiger partial charge in [0, 0.05) is 24.2 Å². The zero-order valence-corrected chi connectivity index (χ0v) is 17.0. The van der Waals surface area contributed by atoms with E-state index in [9.17, 15) is 14.4 Å². The predicted molar refractivity (Wildman–Crippen MR) is 108 cm³/mol. The molecular weight excluding hydrogens is 376 g/mol. The van der Waals surface area contributed by atoms with Crippen molar-refractivity contribution in [3.8, 4) is 0 Å². The largest absolute Gasteiger partial charge is 0.361 e. The van der Waals surface area contributed by atoms with Crippen molar-refractivity contribution < 1.29 is 14.7 Å². The summed E-state index contributed by atoms with van der Waals surface area (Å²) in [6.07, 6.45) is 1.45. The Labute approximate surface area is 168 Å². The summed E-state index contributed by atoms with van der Waals surface area (Å²) in [7, 11) is 0. The third-order valence-corrected chi connectivity index (χ3v) is 4.49. The van der Waals surface area contributed by atoms with E-state index >= 15 is 0 Å². The van der Waals surface area contributed by atoms with E-state index in [2.05, 4.69) is 16.4 Å². The molecule has 0 bridgehead atoms. The molecule has 1 heterocycles. The minimum atomic E-state index is -0.690. The van der Waals surface area contributed by atoms with Crippen LogP contribution in [0.15, 0.2) is 27.8 Å². The van der Waals surface area contributed by atoms with Crippen LogP contribution in [0.1, 0.15) is 41.3 Å². The average molecular weight is 404 g/mol. The number of H-pyrrole nitrogens is 1. The number of benzene rings is 1. The van der Waals surface area contributed by atoms with Gasteiger partial charge in [-0.25, -0.2) is 15.1 Å². The molecule has 0 atom stereocenters. The van der Waals surface area contributed by atoms with Crippen LogP contribution in [0.5, 0.6) is 0 Å². The molecule has 158 valence electrons. The lowest BCUT2D eigenvalue weighted by Gasteiger charge is -2.16. The summed E-state index contributed by atoms with van der Waals surface area (Å²) in [5, 5.41) is 10.8. The molecule has 2 aromatic rings. The zero-order chi connectivity index (χ0) is 21.4. The Morgan fingerprint density at radius 2 is 1.90 bits per heavy atom. The van der Waals surface area contributed by atoms with Crippen LogP contribution in [0.4, 0.5) is 4.79 Å². The molecule has 0 aliphatic rings. The highest BCUT2D eigenvalue weighted by Crippen LogP contribution is 2.15. The summed E-state index contributed by atoms with van der Waals surface area (Å²) in [6.45, 7) is 6.50. The molecule has 0 fully saturated rings. The number of rotatable bonds is 9. The van der Waals surface area contributed by atoms with Crippen LogP contribution < -0.4 is 22.0 Å². The first-order valence-corrected chi connectivity index (χ1v) is 9.53. The number of urea groups is 1. The molecule has 4 N–H and O–H groups in total. The van der Waals surface area contributed by atoms with Crippen molar-refractivity contribution in [1.82, 2.24) is 20.3 Å². The van der Waals surface area contributed by atoms with Gasteiger partial charge >= 0.3 is 11.7 Å². The minimum Gasteiger partial charge on any atom is -0.361 e. The molecule has 0 radical (unpaired) electrons. The number of hydrogen-bond acceptors (Lipinski definition) is 5. The molecule has 0 aliphatic heterocycles. The topological polar surface area (TPSA) is 125 Å². The molecule has 29 heavy (non-hydrogen) atoms. The van der Waals surface area contributed by atoms with Crippen LogP contribution in [-0.2, 0) is 24.3 Å². The fourth-order valence-electron chi connectivity index (χ4n) is 3.30. The first kappa shape index (κ1) is 22.4. The summed E-state index contributed by atoms with van der Waals surface area (Å²) in [5.41, 5.74) is 5.06. The molecule has 2 rings (SSSR count). The van der Waals surface area contributed by atoms with Gasteiger partial charge in [0.05, 0.1) is 6.61 Å². The van der Waals surface area contributed by atoms with Gasteiger partial charge in [0.1, 0.15) is 6.73 Å². The number of amides is 2. The van der Waals surface area contributed by atoms with Crippen LogP contribution in [0.25, 0.3) is 0 Å². The second-order valence-electron chi connectivity index (χ2n) is 6.90. The monoisotopic (exact) mass is 404 g/mol. The number of aromatic nitrogens is 2. The SMILES string of the molecule is CCc1c(Cc2cc(C)cc(C)c2)n(COCCCNC(=O)NO)c(=O)[nH]c1=O. The van der Waals surface area contributed by atoms with E-state index in [-0.39, 0.29) is 12.3 Å². The number of carbonyl (C=O) groups is 1. The zero-order valence-electron chi connectivity index (χ0n) is 17.0. The molecule has 0 spiro atoms. The van der Waals surface area contributed by atoms with Gasteiger partial charge in [-0.3, -0.25) is 19.6 Å². The van der Waals surface area contributed by atoms with Gasteiger partial charge < -0.3 is 10.1 Å². The quantitative estimate of drug-likeness (QED) is 0.285. The third kappa shape index (κ3) is 6.30. The number of hydrogen-bond donors (Lipinski definition) is 4. The van der Waals surface area contributed by atoms with E-state index < -0.39 is 11.7 Å². The maximum atomic E-state index is 12.4. The summed E-state index contributed by atoms with van der Waals surface area (Å²) >= 11 is 0. The van der Waals surface area contributed by atoms with E-state index in [1.165, 1.54) is 10.0 Å². The summed E-state index contributed by atoms with van der Waals surface area (Å²) < 4.78 is 7.04. The number of aryl methyl sites for hydroxylation is 2. The number of aromatic amines is 1. The Balaban J connectivity index is 2.19. The molecule has 1 aromatic carbocycles. The normalized spacial score (nSPS) is 10.8. The first-order valence-electron chi connectivity index (χ1n) is 9.53. The fraction of sp³-hybridized carbons (Fsp3) is 0.450. The van der Waals surface area contributed by atoms with Crippen LogP contribution >= 0.6 is 0 Å². The Kier molecular flexibility index (Phi) is 8.17. The van der Waals surface area contributed by atoms with Crippen molar-refractivity contribution in [1.29, 1.82) is 0 Å². The second-order valence-corrected chi connectivity index (χ2v) is 6.90. The fourth-order valence-corrected chi connectivity index (χ4v) is 3.30. The number of carbonyl (C=O) groups excluding carboxylic acids is 1. The highest BCUT2D eigenvalue weighted by atomic mass is 16.5. The second kappa shape index (κ2) is 10.6. The Morgan fingerprint density at radius 1 is 1.21 bits per heavy atom. The molecule has 1 aromatic heterocycles. The number of nitrogens with zero attached hydrogens (tertiary/aromatic N) is 1.